The third kappa shape index (κ3) is 4.71. The predicted octanol–water partition coefficient (Wildman–Crippen LogP) is 3.09. The third-order valence-corrected chi connectivity index (χ3v) is 5.96. The molecular formula is C10H13BrClNO4S2. The number of thiophene rings is 1. The van der Waals surface area contributed by atoms with E-state index in [2.05, 4.69) is 20.7 Å². The minimum absolute atomic E-state index is 0.0963. The van der Waals surface area contributed by atoms with Gasteiger partial charge in [-0.2, -0.15) is 4.72 Å². The zero-order valence-electron chi connectivity index (χ0n) is 10.0. The molecule has 0 radical (unpaired) electrons. The summed E-state index contributed by atoms with van der Waals surface area (Å²) < 4.78 is 27.0. The molecule has 0 aromatic carbocycles. The van der Waals surface area contributed by atoms with E-state index in [9.17, 15) is 13.2 Å². The first kappa shape index (κ1) is 16.9. The number of nitrogens with one attached hydrogen (secondary N) is 1. The normalized spacial score (nSPS) is 13.4. The lowest BCUT2D eigenvalue weighted by Gasteiger charge is -2.13. The fourth-order valence-corrected chi connectivity index (χ4v) is 5.40. The van der Waals surface area contributed by atoms with Crippen molar-refractivity contribution in [1.82, 2.24) is 4.72 Å². The number of halogens is 2. The molecule has 1 heterocycles. The summed E-state index contributed by atoms with van der Waals surface area (Å²) in [5.41, 5.74) is 0. The highest BCUT2D eigenvalue weighted by Crippen LogP contribution is 2.34. The van der Waals surface area contributed by atoms with Crippen LogP contribution >= 0.6 is 38.9 Å². The topological polar surface area (TPSA) is 83.5 Å². The summed E-state index contributed by atoms with van der Waals surface area (Å²) in [6.07, 6.45) is 1.66. The number of carboxylic acid groups (broad SMARTS) is 1. The predicted molar refractivity (Wildman–Crippen MR) is 78.3 cm³/mol. The number of aliphatic carboxylic acids is 1. The van der Waals surface area contributed by atoms with E-state index in [4.69, 9.17) is 16.7 Å². The van der Waals surface area contributed by atoms with Crippen LogP contribution in [-0.4, -0.2) is 25.5 Å². The van der Waals surface area contributed by atoms with Crippen molar-refractivity contribution in [3.63, 3.8) is 0 Å². The molecule has 9 heteroatoms. The van der Waals surface area contributed by atoms with Crippen LogP contribution in [0.3, 0.4) is 0 Å². The molecule has 1 aromatic rings. The molecular weight excluding hydrogens is 378 g/mol. The van der Waals surface area contributed by atoms with Gasteiger partial charge in [0, 0.05) is 0 Å². The van der Waals surface area contributed by atoms with Gasteiger partial charge in [-0.25, -0.2) is 8.42 Å². The molecule has 0 saturated heterocycles. The molecule has 5 nitrogen and oxygen atoms in total. The second-order valence-corrected chi connectivity index (χ2v) is 8.56. The van der Waals surface area contributed by atoms with Crippen molar-refractivity contribution in [2.24, 2.45) is 0 Å². The first-order valence-electron chi connectivity index (χ1n) is 5.48. The molecule has 1 aromatic heterocycles. The van der Waals surface area contributed by atoms with E-state index in [0.29, 0.717) is 10.2 Å². The molecule has 0 spiro atoms. The van der Waals surface area contributed by atoms with Gasteiger partial charge in [-0.05, 0) is 28.4 Å². The van der Waals surface area contributed by atoms with Gasteiger partial charge in [0.1, 0.15) is 15.3 Å². The Bertz CT molecular complexity index is 558. The third-order valence-electron chi connectivity index (χ3n) is 2.36. The lowest BCUT2D eigenvalue weighted by atomic mass is 10.1. The smallest absolute Gasteiger partial charge is 0.321 e. The second-order valence-electron chi connectivity index (χ2n) is 3.84. The molecule has 1 rings (SSSR count). The highest BCUT2D eigenvalue weighted by atomic mass is 79.9. The van der Waals surface area contributed by atoms with Gasteiger partial charge in [0.15, 0.2) is 0 Å². The van der Waals surface area contributed by atoms with Crippen molar-refractivity contribution in [3.8, 4) is 0 Å². The van der Waals surface area contributed by atoms with Crippen molar-refractivity contribution in [2.75, 3.05) is 0 Å². The minimum atomic E-state index is -3.93. The average Bonchev–Trinajstić information content (AvgIpc) is 2.64. The Kier molecular flexibility index (Phi) is 6.25. The van der Waals surface area contributed by atoms with Crippen LogP contribution in [0.5, 0.6) is 0 Å². The van der Waals surface area contributed by atoms with Gasteiger partial charge in [0.25, 0.3) is 0 Å². The van der Waals surface area contributed by atoms with Crippen LogP contribution in [0.2, 0.25) is 4.34 Å². The monoisotopic (exact) mass is 389 g/mol. The Balaban J connectivity index is 2.94. The molecule has 0 unspecified atom stereocenters. The zero-order valence-corrected chi connectivity index (χ0v) is 14.0. The van der Waals surface area contributed by atoms with Crippen LogP contribution in [-0.2, 0) is 14.8 Å². The number of hydrogen-bond donors (Lipinski definition) is 2. The van der Waals surface area contributed by atoms with Gasteiger partial charge in [0.05, 0.1) is 3.79 Å². The Morgan fingerprint density at radius 1 is 1.63 bits per heavy atom. The first-order valence-corrected chi connectivity index (χ1v) is 8.95. The number of carbonyl (C=O) groups is 1. The number of rotatable bonds is 7. The summed E-state index contributed by atoms with van der Waals surface area (Å²) in [5, 5.41) is 9.02. The molecule has 0 amide bonds. The van der Waals surface area contributed by atoms with Gasteiger partial charge in [-0.15, -0.1) is 11.3 Å². The SMILES string of the molecule is CCCC[C@H](NS(=O)(=O)c1cc(Br)sc1Cl)C(=O)O. The summed E-state index contributed by atoms with van der Waals surface area (Å²) in [6.45, 7) is 1.90. The van der Waals surface area contributed by atoms with Crippen LogP contribution in [0.4, 0.5) is 0 Å². The van der Waals surface area contributed by atoms with E-state index < -0.39 is 22.0 Å². The van der Waals surface area contributed by atoms with Crippen LogP contribution < -0.4 is 4.72 Å². The summed E-state index contributed by atoms with van der Waals surface area (Å²) in [7, 11) is -3.93. The molecule has 1 atom stereocenters. The van der Waals surface area contributed by atoms with E-state index in [1.54, 1.807) is 0 Å². The molecule has 0 saturated carbocycles. The van der Waals surface area contributed by atoms with Gasteiger partial charge in [0.2, 0.25) is 10.0 Å². The Morgan fingerprint density at radius 3 is 2.68 bits per heavy atom. The fourth-order valence-electron chi connectivity index (χ4n) is 1.40. The van der Waals surface area contributed by atoms with Crippen molar-refractivity contribution < 1.29 is 18.3 Å². The van der Waals surface area contributed by atoms with Gasteiger partial charge < -0.3 is 5.11 Å². The molecule has 0 aliphatic carbocycles. The summed E-state index contributed by atoms with van der Waals surface area (Å²) in [6, 6.07) is 0.216. The Morgan fingerprint density at radius 2 is 2.26 bits per heavy atom. The van der Waals surface area contributed by atoms with Crippen molar-refractivity contribution in [2.45, 2.75) is 37.1 Å². The molecule has 2 N–H and O–H groups in total. The fraction of sp³-hybridized carbons (Fsp3) is 0.500. The Hall–Kier alpha value is -0.150. The molecule has 0 fully saturated rings. The molecule has 0 bridgehead atoms. The summed E-state index contributed by atoms with van der Waals surface area (Å²) >= 11 is 10.0. The van der Waals surface area contributed by atoms with Gasteiger partial charge >= 0.3 is 5.97 Å². The maximum absolute atomic E-state index is 12.1. The molecule has 108 valence electrons. The Labute approximate surface area is 129 Å². The van der Waals surface area contributed by atoms with E-state index >= 15 is 0 Å². The summed E-state index contributed by atoms with van der Waals surface area (Å²) in [5.74, 6) is -1.19. The highest BCUT2D eigenvalue weighted by molar-refractivity contribution is 9.11. The van der Waals surface area contributed by atoms with Gasteiger partial charge in [-0.3, -0.25) is 4.79 Å². The van der Waals surface area contributed by atoms with E-state index in [0.717, 1.165) is 17.8 Å². The van der Waals surface area contributed by atoms with Crippen molar-refractivity contribution >= 4 is 54.9 Å². The standard InChI is InChI=1S/C10H13BrClNO4S2/c1-2-3-4-6(10(14)15)13-19(16,17)7-5-8(11)18-9(7)12/h5-6,13H,2-4H2,1H3,(H,14,15)/t6-/m0/s1. The maximum Gasteiger partial charge on any atom is 0.321 e. The van der Waals surface area contributed by atoms with E-state index in [1.165, 1.54) is 6.07 Å². The number of sulfonamides is 1. The van der Waals surface area contributed by atoms with Crippen molar-refractivity contribution in [1.29, 1.82) is 0 Å². The first-order chi connectivity index (χ1) is 8.77. The van der Waals surface area contributed by atoms with E-state index in [-0.39, 0.29) is 15.7 Å². The quantitative estimate of drug-likeness (QED) is 0.749. The number of carboxylic acids is 1. The average molecular weight is 391 g/mol. The minimum Gasteiger partial charge on any atom is -0.480 e. The zero-order chi connectivity index (χ0) is 14.6. The largest absolute Gasteiger partial charge is 0.480 e. The lowest BCUT2D eigenvalue weighted by Crippen LogP contribution is -2.40. The lowest BCUT2D eigenvalue weighted by molar-refractivity contribution is -0.139. The molecule has 0 aliphatic heterocycles. The second kappa shape index (κ2) is 7.03. The number of hydrogen-bond acceptors (Lipinski definition) is 4. The van der Waals surface area contributed by atoms with Crippen LogP contribution in [0, 0.1) is 0 Å². The van der Waals surface area contributed by atoms with Crippen LogP contribution in [0.15, 0.2) is 14.7 Å². The van der Waals surface area contributed by atoms with Crippen LogP contribution in [0.25, 0.3) is 0 Å². The summed E-state index contributed by atoms with van der Waals surface area (Å²) in [4.78, 5) is 10.9. The number of unbranched alkanes of at least 4 members (excludes halogenated alkanes) is 1. The van der Waals surface area contributed by atoms with Crippen molar-refractivity contribution in [3.05, 3.63) is 14.2 Å². The maximum atomic E-state index is 12.1. The molecule has 19 heavy (non-hydrogen) atoms. The van der Waals surface area contributed by atoms with Gasteiger partial charge in [-0.1, -0.05) is 31.4 Å². The van der Waals surface area contributed by atoms with Crippen LogP contribution in [0.1, 0.15) is 26.2 Å². The van der Waals surface area contributed by atoms with E-state index in [1.807, 2.05) is 6.92 Å². The highest BCUT2D eigenvalue weighted by Gasteiger charge is 2.27. The molecule has 0 aliphatic rings.